The molecule has 4 heteroatoms. The van der Waals surface area contributed by atoms with Crippen molar-refractivity contribution in [2.45, 2.75) is 13.0 Å². The van der Waals surface area contributed by atoms with Crippen LogP contribution in [0, 0.1) is 12.7 Å². The van der Waals surface area contributed by atoms with Crippen LogP contribution in [0.25, 0.3) is 0 Å². The van der Waals surface area contributed by atoms with E-state index in [0.717, 1.165) is 22.8 Å². The van der Waals surface area contributed by atoms with Gasteiger partial charge in [0.05, 0.1) is 11.6 Å². The summed E-state index contributed by atoms with van der Waals surface area (Å²) in [6, 6.07) is 21.2. The molecule has 0 aliphatic heterocycles. The highest BCUT2D eigenvalue weighted by atomic mass is 35.5. The van der Waals surface area contributed by atoms with Crippen LogP contribution in [0.4, 0.5) is 4.39 Å². The van der Waals surface area contributed by atoms with Crippen LogP contribution in [0.15, 0.2) is 72.8 Å². The number of halogens is 2. The van der Waals surface area contributed by atoms with Crippen molar-refractivity contribution in [3.63, 3.8) is 0 Å². The number of hydrogen-bond acceptors (Lipinski definition) is 1. The molecule has 3 aromatic carbocycles. The van der Waals surface area contributed by atoms with Crippen molar-refractivity contribution in [1.82, 2.24) is 5.32 Å². The average molecular weight is 354 g/mol. The third-order valence-corrected chi connectivity index (χ3v) is 4.23. The maximum atomic E-state index is 14.1. The maximum absolute atomic E-state index is 14.1. The smallest absolute Gasteiger partial charge is 0.255 e. The van der Waals surface area contributed by atoms with E-state index in [-0.39, 0.29) is 16.6 Å². The molecule has 0 saturated carbocycles. The topological polar surface area (TPSA) is 29.1 Å². The molecule has 1 atom stereocenters. The van der Waals surface area contributed by atoms with Gasteiger partial charge in [0.1, 0.15) is 5.82 Å². The van der Waals surface area contributed by atoms with Crippen LogP contribution < -0.4 is 5.32 Å². The molecule has 0 fully saturated rings. The number of nitrogens with one attached hydrogen (secondary N) is 1. The Kier molecular flexibility index (Phi) is 5.15. The first-order valence-electron chi connectivity index (χ1n) is 7.92. The largest absolute Gasteiger partial charge is 0.341 e. The van der Waals surface area contributed by atoms with Crippen molar-refractivity contribution in [3.8, 4) is 0 Å². The standard InChI is InChI=1S/C21H17ClFNO/c1-14-7-9-16(10-8-14)20(15-5-3-2-4-6-15)24-21(25)18-12-11-17(22)13-19(18)23/h2-13,20H,1H3,(H,24,25)/t20-/m1/s1. The molecule has 3 rings (SSSR count). The Balaban J connectivity index is 1.95. The molecular weight excluding hydrogens is 337 g/mol. The van der Waals surface area contributed by atoms with Gasteiger partial charge < -0.3 is 5.32 Å². The van der Waals surface area contributed by atoms with Crippen LogP contribution in [0.2, 0.25) is 5.02 Å². The summed E-state index contributed by atoms with van der Waals surface area (Å²) in [4.78, 5) is 12.6. The molecule has 2 nitrogen and oxygen atoms in total. The van der Waals surface area contributed by atoms with Gasteiger partial charge in [0, 0.05) is 5.02 Å². The Bertz CT molecular complexity index is 878. The number of carbonyl (C=O) groups excluding carboxylic acids is 1. The molecule has 0 unspecified atom stereocenters. The van der Waals surface area contributed by atoms with Gasteiger partial charge in [-0.05, 0) is 36.2 Å². The number of carbonyl (C=O) groups is 1. The quantitative estimate of drug-likeness (QED) is 0.677. The molecule has 0 saturated heterocycles. The third kappa shape index (κ3) is 4.06. The zero-order valence-electron chi connectivity index (χ0n) is 13.7. The summed E-state index contributed by atoms with van der Waals surface area (Å²) in [7, 11) is 0. The highest BCUT2D eigenvalue weighted by Crippen LogP contribution is 2.24. The lowest BCUT2D eigenvalue weighted by Gasteiger charge is -2.20. The van der Waals surface area contributed by atoms with Gasteiger partial charge in [-0.3, -0.25) is 4.79 Å². The second-order valence-corrected chi connectivity index (χ2v) is 6.29. The second-order valence-electron chi connectivity index (χ2n) is 5.85. The van der Waals surface area contributed by atoms with Crippen LogP contribution >= 0.6 is 11.6 Å². The molecule has 0 aromatic heterocycles. The molecule has 126 valence electrons. The normalized spacial score (nSPS) is 11.8. The lowest BCUT2D eigenvalue weighted by Crippen LogP contribution is -2.30. The van der Waals surface area contributed by atoms with E-state index >= 15 is 0 Å². The van der Waals surface area contributed by atoms with Gasteiger partial charge in [0.25, 0.3) is 5.91 Å². The molecule has 25 heavy (non-hydrogen) atoms. The monoisotopic (exact) mass is 353 g/mol. The van der Waals surface area contributed by atoms with Crippen LogP contribution in [0.3, 0.4) is 0 Å². The molecule has 0 aliphatic rings. The van der Waals surface area contributed by atoms with E-state index in [0.29, 0.717) is 0 Å². The van der Waals surface area contributed by atoms with E-state index in [1.807, 2.05) is 61.5 Å². The lowest BCUT2D eigenvalue weighted by atomic mass is 9.97. The Morgan fingerprint density at radius 2 is 1.60 bits per heavy atom. The minimum absolute atomic E-state index is 0.0301. The van der Waals surface area contributed by atoms with Gasteiger partial charge >= 0.3 is 0 Å². The van der Waals surface area contributed by atoms with Gasteiger partial charge in [-0.15, -0.1) is 0 Å². The van der Waals surface area contributed by atoms with E-state index in [1.165, 1.54) is 12.1 Å². The molecule has 0 spiro atoms. The maximum Gasteiger partial charge on any atom is 0.255 e. The van der Waals surface area contributed by atoms with Crippen LogP contribution in [-0.2, 0) is 0 Å². The van der Waals surface area contributed by atoms with E-state index in [2.05, 4.69) is 5.32 Å². The molecule has 0 heterocycles. The Morgan fingerprint density at radius 1 is 0.960 bits per heavy atom. The predicted octanol–water partition coefficient (Wildman–Crippen LogP) is 5.31. The Morgan fingerprint density at radius 3 is 2.24 bits per heavy atom. The number of benzene rings is 3. The van der Waals surface area contributed by atoms with Gasteiger partial charge in [0.15, 0.2) is 0 Å². The summed E-state index contributed by atoms with van der Waals surface area (Å²) in [5.41, 5.74) is 2.96. The van der Waals surface area contributed by atoms with Crippen molar-refractivity contribution < 1.29 is 9.18 Å². The highest BCUT2D eigenvalue weighted by Gasteiger charge is 2.19. The molecular formula is C21H17ClFNO. The zero-order chi connectivity index (χ0) is 17.8. The second kappa shape index (κ2) is 7.49. The van der Waals surface area contributed by atoms with Crippen LogP contribution in [-0.4, -0.2) is 5.91 Å². The SMILES string of the molecule is Cc1ccc([C@H](NC(=O)c2ccc(Cl)cc2F)c2ccccc2)cc1. The molecule has 0 radical (unpaired) electrons. The number of amides is 1. The molecule has 3 aromatic rings. The summed E-state index contributed by atoms with van der Waals surface area (Å²) < 4.78 is 14.1. The average Bonchev–Trinajstić information content (AvgIpc) is 2.61. The highest BCUT2D eigenvalue weighted by molar-refractivity contribution is 6.30. The van der Waals surface area contributed by atoms with Crippen molar-refractivity contribution in [1.29, 1.82) is 0 Å². The third-order valence-electron chi connectivity index (χ3n) is 3.99. The Hall–Kier alpha value is -2.65. The van der Waals surface area contributed by atoms with Gasteiger partial charge in [-0.2, -0.15) is 0 Å². The minimum Gasteiger partial charge on any atom is -0.341 e. The van der Waals surface area contributed by atoms with Gasteiger partial charge in [-0.1, -0.05) is 71.8 Å². The number of aryl methyl sites for hydroxylation is 1. The first-order chi connectivity index (χ1) is 12.0. The van der Waals surface area contributed by atoms with Gasteiger partial charge in [0.2, 0.25) is 0 Å². The van der Waals surface area contributed by atoms with Crippen LogP contribution in [0.5, 0.6) is 0 Å². The summed E-state index contributed by atoms with van der Waals surface area (Å²) in [6.45, 7) is 2.00. The van der Waals surface area contributed by atoms with E-state index < -0.39 is 11.7 Å². The molecule has 1 amide bonds. The predicted molar refractivity (Wildman–Crippen MR) is 98.3 cm³/mol. The molecule has 1 N–H and O–H groups in total. The van der Waals surface area contributed by atoms with Crippen molar-refractivity contribution in [2.24, 2.45) is 0 Å². The lowest BCUT2D eigenvalue weighted by molar-refractivity contribution is 0.0939. The van der Waals surface area contributed by atoms with Crippen molar-refractivity contribution >= 4 is 17.5 Å². The zero-order valence-corrected chi connectivity index (χ0v) is 14.4. The van der Waals surface area contributed by atoms with E-state index in [4.69, 9.17) is 11.6 Å². The van der Waals surface area contributed by atoms with E-state index in [9.17, 15) is 9.18 Å². The van der Waals surface area contributed by atoms with Crippen molar-refractivity contribution in [3.05, 3.63) is 106 Å². The Labute approximate surface area is 151 Å². The minimum atomic E-state index is -0.638. The number of rotatable bonds is 4. The summed E-state index contributed by atoms with van der Waals surface area (Å²) >= 11 is 5.76. The van der Waals surface area contributed by atoms with Crippen LogP contribution in [0.1, 0.15) is 33.1 Å². The summed E-state index contributed by atoms with van der Waals surface area (Å²) in [5.74, 6) is -1.12. The summed E-state index contributed by atoms with van der Waals surface area (Å²) in [6.07, 6.45) is 0. The first kappa shape index (κ1) is 17.2. The molecule has 0 aliphatic carbocycles. The number of hydrogen-bond donors (Lipinski definition) is 1. The fraction of sp³-hybridized carbons (Fsp3) is 0.0952. The van der Waals surface area contributed by atoms with Crippen molar-refractivity contribution in [2.75, 3.05) is 0 Å². The fourth-order valence-electron chi connectivity index (χ4n) is 2.65. The van der Waals surface area contributed by atoms with Gasteiger partial charge in [-0.25, -0.2) is 4.39 Å². The molecule has 0 bridgehead atoms. The summed E-state index contributed by atoms with van der Waals surface area (Å²) in [5, 5.41) is 3.18. The van der Waals surface area contributed by atoms with E-state index in [1.54, 1.807) is 0 Å². The first-order valence-corrected chi connectivity index (χ1v) is 8.30. The fourth-order valence-corrected chi connectivity index (χ4v) is 2.80.